The van der Waals surface area contributed by atoms with Crippen molar-refractivity contribution in [1.82, 2.24) is 9.80 Å². The van der Waals surface area contributed by atoms with E-state index in [0.717, 1.165) is 25.9 Å². The number of aliphatic hydroxyl groups excluding tert-OH is 2. The van der Waals surface area contributed by atoms with Crippen LogP contribution < -0.4 is 10.6 Å². The van der Waals surface area contributed by atoms with Crippen LogP contribution in [0.5, 0.6) is 5.75 Å². The molecule has 5 rings (SSSR count). The Morgan fingerprint density at radius 1 is 1.10 bits per heavy atom. The number of primary amides is 1. The first-order chi connectivity index (χ1) is 18.3. The van der Waals surface area contributed by atoms with Crippen LogP contribution in [0.25, 0.3) is 5.76 Å². The van der Waals surface area contributed by atoms with Crippen LogP contribution in [-0.2, 0) is 20.8 Å². The smallest absolute Gasteiger partial charge is 0.255 e. The molecule has 4 unspecified atom stereocenters. The van der Waals surface area contributed by atoms with Crippen molar-refractivity contribution < 1.29 is 34.8 Å². The summed E-state index contributed by atoms with van der Waals surface area (Å²) in [7, 11) is 7.11. The fourth-order valence-corrected chi connectivity index (χ4v) is 7.07. The minimum atomic E-state index is -2.64. The topological polar surface area (TPSA) is 168 Å². The van der Waals surface area contributed by atoms with Gasteiger partial charge in [0.15, 0.2) is 11.4 Å². The van der Waals surface area contributed by atoms with Gasteiger partial charge in [-0.1, -0.05) is 6.07 Å². The van der Waals surface area contributed by atoms with E-state index in [4.69, 9.17) is 5.73 Å². The fourth-order valence-electron chi connectivity index (χ4n) is 7.07. The van der Waals surface area contributed by atoms with Gasteiger partial charge in [-0.2, -0.15) is 0 Å². The van der Waals surface area contributed by atoms with Gasteiger partial charge in [0.1, 0.15) is 22.8 Å². The highest BCUT2D eigenvalue weighted by Crippen LogP contribution is 2.53. The van der Waals surface area contributed by atoms with Crippen molar-refractivity contribution >= 4 is 28.9 Å². The first-order valence-electron chi connectivity index (χ1n) is 13.2. The Balaban J connectivity index is 1.61. The van der Waals surface area contributed by atoms with Crippen LogP contribution in [0.15, 0.2) is 29.0 Å². The van der Waals surface area contributed by atoms with Gasteiger partial charge in [0, 0.05) is 24.6 Å². The average molecular weight is 541 g/mol. The first-order valence-corrected chi connectivity index (χ1v) is 13.2. The minimum absolute atomic E-state index is 0.0732. The van der Waals surface area contributed by atoms with Crippen LogP contribution in [0.1, 0.15) is 30.4 Å². The molecule has 11 nitrogen and oxygen atoms in total. The molecule has 0 bridgehead atoms. The van der Waals surface area contributed by atoms with Crippen molar-refractivity contribution in [3.05, 3.63) is 40.2 Å². The number of amides is 1. The van der Waals surface area contributed by atoms with Crippen LogP contribution in [-0.4, -0.2) is 107 Å². The number of piperidine rings is 1. The molecule has 6 N–H and O–H groups in total. The Morgan fingerprint density at radius 2 is 1.74 bits per heavy atom. The number of hydrogen-bond acceptors (Lipinski definition) is 10. The number of likely N-dealkylation sites (N-methyl/N-ethyl adjacent to an activating group) is 1. The second-order valence-corrected chi connectivity index (χ2v) is 11.6. The summed E-state index contributed by atoms with van der Waals surface area (Å²) in [5, 5.41) is 45.5. The standard InChI is InChI=1S/C28H36N4O7/c1-30(2)21-16-12-14-11-13-5-6-17(32(4)15-7-9-31(3)10-8-15)22(33)18(13)23(34)19(14)25(36)28(16,39)26(37)20(24(21)35)27(29)38/h5-6,14-16,21,33-34,37,39H,7-12H2,1-4H3,(H2,29,38). The number of nitrogens with two attached hydrogens (primary N) is 1. The Hall–Kier alpha value is -3.41. The van der Waals surface area contributed by atoms with Gasteiger partial charge in [-0.3, -0.25) is 19.3 Å². The van der Waals surface area contributed by atoms with Crippen molar-refractivity contribution in [1.29, 1.82) is 0 Å². The quantitative estimate of drug-likeness (QED) is 0.339. The van der Waals surface area contributed by atoms with E-state index in [0.29, 0.717) is 11.3 Å². The molecule has 39 heavy (non-hydrogen) atoms. The van der Waals surface area contributed by atoms with Crippen molar-refractivity contribution in [3.8, 4) is 5.75 Å². The Morgan fingerprint density at radius 3 is 2.33 bits per heavy atom. The highest BCUT2D eigenvalue weighted by molar-refractivity contribution is 6.24. The predicted octanol–water partition coefficient (Wildman–Crippen LogP) is 0.494. The second kappa shape index (κ2) is 9.35. The molecule has 1 saturated heterocycles. The highest BCUT2D eigenvalue weighted by Gasteiger charge is 2.64. The molecule has 0 aromatic heterocycles. The third-order valence-corrected chi connectivity index (χ3v) is 9.19. The maximum Gasteiger partial charge on any atom is 0.255 e. The molecule has 11 heteroatoms. The number of hydrogen-bond donors (Lipinski definition) is 5. The van der Waals surface area contributed by atoms with Crippen molar-refractivity contribution in [3.63, 3.8) is 0 Å². The Bertz CT molecular complexity index is 1330. The third kappa shape index (κ3) is 3.86. The number of benzene rings is 1. The summed E-state index contributed by atoms with van der Waals surface area (Å²) in [5.41, 5.74) is 3.05. The largest absolute Gasteiger partial charge is 0.508 e. The zero-order valence-corrected chi connectivity index (χ0v) is 22.6. The van der Waals surface area contributed by atoms with E-state index in [9.17, 15) is 34.8 Å². The summed E-state index contributed by atoms with van der Waals surface area (Å²) in [4.78, 5) is 44.9. The van der Waals surface area contributed by atoms with Gasteiger partial charge < -0.3 is 36.0 Å². The summed E-state index contributed by atoms with van der Waals surface area (Å²) in [6.45, 7) is 1.85. The van der Waals surface area contributed by atoms with Gasteiger partial charge in [-0.15, -0.1) is 0 Å². The molecule has 2 fully saturated rings. The molecule has 0 radical (unpaired) electrons. The predicted molar refractivity (Wildman–Crippen MR) is 143 cm³/mol. The van der Waals surface area contributed by atoms with E-state index >= 15 is 0 Å². The third-order valence-electron chi connectivity index (χ3n) is 9.19. The molecular formula is C28H36N4O7. The van der Waals surface area contributed by atoms with E-state index in [1.165, 1.54) is 4.90 Å². The lowest BCUT2D eigenvalue weighted by atomic mass is 9.57. The molecule has 210 valence electrons. The maximum absolute atomic E-state index is 14.0. The lowest BCUT2D eigenvalue weighted by Gasteiger charge is -2.50. The number of Topliss-reactive ketones (excluding diaryl/α,β-unsaturated/α-hetero) is 2. The van der Waals surface area contributed by atoms with E-state index < -0.39 is 58.0 Å². The number of fused-ring (bicyclic) bond motifs is 3. The molecule has 4 aliphatic rings. The van der Waals surface area contributed by atoms with Crippen LogP contribution in [0.3, 0.4) is 0 Å². The number of phenolic OH excluding ortho intramolecular Hbond substituents is 1. The van der Waals surface area contributed by atoms with Crippen molar-refractivity contribution in [2.24, 2.45) is 17.6 Å². The number of carbonyl (C=O) groups excluding carboxylic acids is 3. The van der Waals surface area contributed by atoms with Gasteiger partial charge in [0.2, 0.25) is 5.78 Å². The van der Waals surface area contributed by atoms with Crippen LogP contribution in [0.2, 0.25) is 0 Å². The number of aromatic hydroxyl groups is 1. The summed E-state index contributed by atoms with van der Waals surface area (Å²) in [6.07, 6.45) is 2.17. The average Bonchev–Trinajstić information content (AvgIpc) is 2.86. The van der Waals surface area contributed by atoms with Crippen LogP contribution in [0.4, 0.5) is 5.69 Å². The maximum atomic E-state index is 14.0. The summed E-state index contributed by atoms with van der Waals surface area (Å²) in [5.74, 6) is -6.40. The van der Waals surface area contributed by atoms with Gasteiger partial charge >= 0.3 is 0 Å². The molecule has 3 aliphatic carbocycles. The molecule has 1 saturated carbocycles. The summed E-state index contributed by atoms with van der Waals surface area (Å²) < 4.78 is 0. The molecule has 0 spiro atoms. The summed E-state index contributed by atoms with van der Waals surface area (Å²) >= 11 is 0. The van der Waals surface area contributed by atoms with Crippen LogP contribution >= 0.6 is 0 Å². The van der Waals surface area contributed by atoms with E-state index in [-0.39, 0.29) is 35.8 Å². The van der Waals surface area contributed by atoms with Crippen LogP contribution in [0, 0.1) is 11.8 Å². The number of likely N-dealkylation sites (tertiary alicyclic amines) is 1. The molecule has 1 aromatic rings. The zero-order valence-electron chi connectivity index (χ0n) is 22.6. The Kier molecular flexibility index (Phi) is 6.52. The highest BCUT2D eigenvalue weighted by atomic mass is 16.3. The SMILES string of the molecule is CN1CCC(N(C)c2ccc3c(c2O)C(O)=C2C(=O)C4(O)C(O)=C(C(N)=O)C(=O)C(N(C)C)C4CC2C3)CC1. The fraction of sp³-hybridized carbons (Fsp3) is 0.536. The van der Waals surface area contributed by atoms with E-state index in [1.807, 2.05) is 24.1 Å². The number of phenols is 1. The lowest BCUT2D eigenvalue weighted by molar-refractivity contribution is -0.153. The van der Waals surface area contributed by atoms with Crippen molar-refractivity contribution in [2.45, 2.75) is 43.4 Å². The molecular weight excluding hydrogens is 504 g/mol. The normalized spacial score (nSPS) is 29.8. The number of ketones is 2. The van der Waals surface area contributed by atoms with Gasteiger partial charge in [-0.25, -0.2) is 0 Å². The van der Waals surface area contributed by atoms with E-state index in [1.54, 1.807) is 14.1 Å². The molecule has 1 heterocycles. The number of anilines is 1. The molecule has 1 aromatic carbocycles. The summed E-state index contributed by atoms with van der Waals surface area (Å²) in [6, 6.07) is 2.73. The molecule has 1 aliphatic heterocycles. The number of nitrogens with zero attached hydrogens (tertiary/aromatic N) is 3. The minimum Gasteiger partial charge on any atom is -0.508 e. The number of rotatable bonds is 4. The molecule has 4 atom stereocenters. The van der Waals surface area contributed by atoms with Gasteiger partial charge in [-0.05, 0) is 77.5 Å². The number of aliphatic hydroxyl groups is 3. The molecule has 1 amide bonds. The first kappa shape index (κ1) is 27.2. The lowest BCUT2D eigenvalue weighted by Crippen LogP contribution is -2.65. The van der Waals surface area contributed by atoms with Crippen molar-refractivity contribution in [2.75, 3.05) is 46.2 Å². The number of carbonyl (C=O) groups is 3. The second-order valence-electron chi connectivity index (χ2n) is 11.6. The Labute approximate surface area is 226 Å². The van der Waals surface area contributed by atoms with Gasteiger partial charge in [0.05, 0.1) is 17.3 Å². The monoisotopic (exact) mass is 540 g/mol. The zero-order chi connectivity index (χ0) is 28.5. The van der Waals surface area contributed by atoms with E-state index in [2.05, 4.69) is 11.9 Å². The van der Waals surface area contributed by atoms with Gasteiger partial charge in [0.25, 0.3) is 5.91 Å².